The topological polar surface area (TPSA) is 0 Å². The van der Waals surface area contributed by atoms with Gasteiger partial charge in [-0.25, -0.2) is 0 Å². The van der Waals surface area contributed by atoms with Crippen molar-refractivity contribution in [3.8, 4) is 22.3 Å². The maximum atomic E-state index is 2.44. The van der Waals surface area contributed by atoms with E-state index in [-0.39, 0.29) is 0 Å². The van der Waals surface area contributed by atoms with Crippen LogP contribution in [0.3, 0.4) is 0 Å². The monoisotopic (exact) mass is 338 g/mol. The molecule has 0 aliphatic heterocycles. The van der Waals surface area contributed by atoms with E-state index in [2.05, 4.69) is 94.4 Å². The third-order valence-corrected chi connectivity index (χ3v) is 5.53. The normalized spacial score (nSPS) is 13.0. The second kappa shape index (κ2) is 6.61. The van der Waals surface area contributed by atoms with Crippen LogP contribution in [-0.4, -0.2) is 0 Å². The first-order valence-corrected chi connectivity index (χ1v) is 9.53. The Balaban J connectivity index is 1.89. The van der Waals surface area contributed by atoms with Crippen LogP contribution in [0.1, 0.15) is 36.1 Å². The Kier molecular flexibility index (Phi) is 4.28. The molecule has 0 fully saturated rings. The summed E-state index contributed by atoms with van der Waals surface area (Å²) in [5.41, 5.74) is 12.4. The highest BCUT2D eigenvalue weighted by molar-refractivity contribution is 5.87. The molecule has 0 heteroatoms. The largest absolute Gasteiger partial charge is 0.0626 e. The van der Waals surface area contributed by atoms with E-state index in [1.807, 2.05) is 0 Å². The number of hydrogen-bond acceptors (Lipinski definition) is 0. The number of aryl methyl sites for hydroxylation is 2. The molecule has 0 spiro atoms. The van der Waals surface area contributed by atoms with Gasteiger partial charge in [0.1, 0.15) is 0 Å². The van der Waals surface area contributed by atoms with Crippen molar-refractivity contribution in [3.63, 3.8) is 0 Å². The fourth-order valence-corrected chi connectivity index (χ4v) is 3.82. The van der Waals surface area contributed by atoms with E-state index in [0.717, 1.165) is 6.42 Å². The molecule has 0 saturated carbocycles. The minimum absolute atomic E-state index is 0.583. The molecule has 3 aromatic carbocycles. The van der Waals surface area contributed by atoms with Crippen molar-refractivity contribution < 1.29 is 0 Å². The first-order valence-electron chi connectivity index (χ1n) is 9.53. The van der Waals surface area contributed by atoms with Crippen LogP contribution < -0.4 is 0 Å². The van der Waals surface area contributed by atoms with Crippen LogP contribution in [0, 0.1) is 19.8 Å². The molecule has 26 heavy (non-hydrogen) atoms. The van der Waals surface area contributed by atoms with Crippen molar-refractivity contribution in [1.29, 1.82) is 0 Å². The van der Waals surface area contributed by atoms with Crippen LogP contribution >= 0.6 is 0 Å². The summed E-state index contributed by atoms with van der Waals surface area (Å²) in [4.78, 5) is 0. The van der Waals surface area contributed by atoms with Gasteiger partial charge in [-0.05, 0) is 59.6 Å². The summed E-state index contributed by atoms with van der Waals surface area (Å²) < 4.78 is 0. The third kappa shape index (κ3) is 3.01. The zero-order chi connectivity index (χ0) is 18.3. The Morgan fingerprint density at radius 2 is 1.15 bits per heavy atom. The lowest BCUT2D eigenvalue weighted by atomic mass is 9.89. The predicted molar refractivity (Wildman–Crippen MR) is 113 cm³/mol. The lowest BCUT2D eigenvalue weighted by molar-refractivity contribution is 0.755. The van der Waals surface area contributed by atoms with E-state index in [1.54, 1.807) is 0 Å². The van der Waals surface area contributed by atoms with Gasteiger partial charge in [0.05, 0.1) is 0 Å². The van der Waals surface area contributed by atoms with E-state index >= 15 is 0 Å². The number of hydrogen-bond donors (Lipinski definition) is 0. The third-order valence-electron chi connectivity index (χ3n) is 5.53. The molecule has 0 saturated heterocycles. The molecule has 0 nitrogen and oxygen atoms in total. The minimum Gasteiger partial charge on any atom is -0.0626 e. The highest BCUT2D eigenvalue weighted by Crippen LogP contribution is 2.41. The van der Waals surface area contributed by atoms with E-state index in [4.69, 9.17) is 0 Å². The van der Waals surface area contributed by atoms with Crippen LogP contribution in [0.5, 0.6) is 0 Å². The van der Waals surface area contributed by atoms with Gasteiger partial charge < -0.3 is 0 Å². The molecule has 0 N–H and O–H groups in total. The van der Waals surface area contributed by atoms with Gasteiger partial charge in [0.15, 0.2) is 0 Å². The second-order valence-electron chi connectivity index (χ2n) is 7.84. The molecule has 130 valence electrons. The summed E-state index contributed by atoms with van der Waals surface area (Å²) in [5, 5.41) is 0. The standard InChI is InChI=1S/C26H26/c1-17(2)22-15-25-23(20-9-5-18(3)6-10-20)13-14-24(26(25)16-22)21-11-7-19(4)8-12-21/h5-15,17H,16H2,1-4H3. The Morgan fingerprint density at radius 1 is 0.654 bits per heavy atom. The second-order valence-corrected chi connectivity index (χ2v) is 7.84. The molecule has 0 heterocycles. The summed E-state index contributed by atoms with van der Waals surface area (Å²) in [7, 11) is 0. The van der Waals surface area contributed by atoms with Crippen LogP contribution in [-0.2, 0) is 6.42 Å². The first kappa shape index (κ1) is 16.8. The van der Waals surface area contributed by atoms with Crippen LogP contribution in [0.2, 0.25) is 0 Å². The smallest absolute Gasteiger partial charge is 0.00489 e. The van der Waals surface area contributed by atoms with Gasteiger partial charge in [0.25, 0.3) is 0 Å². The van der Waals surface area contributed by atoms with Crippen molar-refractivity contribution in [2.24, 2.45) is 5.92 Å². The Morgan fingerprint density at radius 3 is 1.69 bits per heavy atom. The van der Waals surface area contributed by atoms with Crippen molar-refractivity contribution >= 4 is 6.08 Å². The Hall–Kier alpha value is -2.60. The lowest BCUT2D eigenvalue weighted by Gasteiger charge is -2.14. The quantitative estimate of drug-likeness (QED) is 0.472. The summed E-state index contributed by atoms with van der Waals surface area (Å²) in [6.45, 7) is 8.89. The SMILES string of the molecule is Cc1ccc(-c2ccc(-c3ccc(C)cc3)c3c2C=C(C(C)C)C3)cc1. The van der Waals surface area contributed by atoms with Gasteiger partial charge in [0, 0.05) is 0 Å². The summed E-state index contributed by atoms with van der Waals surface area (Å²) in [6, 6.07) is 22.5. The van der Waals surface area contributed by atoms with Gasteiger partial charge >= 0.3 is 0 Å². The molecular weight excluding hydrogens is 312 g/mol. The van der Waals surface area contributed by atoms with Gasteiger partial charge in [-0.3, -0.25) is 0 Å². The van der Waals surface area contributed by atoms with Gasteiger partial charge in [0.2, 0.25) is 0 Å². The molecule has 1 aliphatic carbocycles. The number of fused-ring (bicyclic) bond motifs is 1. The van der Waals surface area contributed by atoms with Crippen LogP contribution in [0.4, 0.5) is 0 Å². The predicted octanol–water partition coefficient (Wildman–Crippen LogP) is 7.23. The van der Waals surface area contributed by atoms with Crippen molar-refractivity contribution in [2.75, 3.05) is 0 Å². The molecule has 4 rings (SSSR count). The van der Waals surface area contributed by atoms with Crippen molar-refractivity contribution in [1.82, 2.24) is 0 Å². The van der Waals surface area contributed by atoms with E-state index < -0.39 is 0 Å². The number of benzene rings is 3. The fourth-order valence-electron chi connectivity index (χ4n) is 3.82. The average Bonchev–Trinajstić information content (AvgIpc) is 3.08. The van der Waals surface area contributed by atoms with Crippen LogP contribution in [0.15, 0.2) is 66.2 Å². The average molecular weight is 338 g/mol. The van der Waals surface area contributed by atoms with E-state index in [0.29, 0.717) is 5.92 Å². The van der Waals surface area contributed by atoms with Gasteiger partial charge in [-0.1, -0.05) is 97.3 Å². The Labute approximate surface area is 157 Å². The molecule has 0 unspecified atom stereocenters. The molecule has 0 bridgehead atoms. The lowest BCUT2D eigenvalue weighted by Crippen LogP contribution is -1.96. The molecule has 0 amide bonds. The highest BCUT2D eigenvalue weighted by atomic mass is 14.3. The molecule has 0 aromatic heterocycles. The maximum absolute atomic E-state index is 2.44. The fraction of sp³-hybridized carbons (Fsp3) is 0.231. The zero-order valence-corrected chi connectivity index (χ0v) is 16.1. The Bertz CT molecular complexity index is 968. The molecule has 0 radical (unpaired) electrons. The zero-order valence-electron chi connectivity index (χ0n) is 16.1. The van der Waals surface area contributed by atoms with Gasteiger partial charge in [-0.2, -0.15) is 0 Å². The van der Waals surface area contributed by atoms with Crippen LogP contribution in [0.25, 0.3) is 28.3 Å². The molecule has 3 aromatic rings. The number of allylic oxidation sites excluding steroid dienone is 1. The summed E-state index contributed by atoms with van der Waals surface area (Å²) in [5.74, 6) is 0.583. The van der Waals surface area contributed by atoms with Crippen molar-refractivity contribution in [2.45, 2.75) is 34.1 Å². The molecular formula is C26H26. The minimum atomic E-state index is 0.583. The first-order chi connectivity index (χ1) is 12.5. The summed E-state index contributed by atoms with van der Waals surface area (Å²) in [6.07, 6.45) is 3.50. The molecule has 1 aliphatic rings. The molecule has 0 atom stereocenters. The summed E-state index contributed by atoms with van der Waals surface area (Å²) >= 11 is 0. The van der Waals surface area contributed by atoms with Crippen molar-refractivity contribution in [3.05, 3.63) is 88.5 Å². The van der Waals surface area contributed by atoms with E-state index in [1.165, 1.54) is 50.1 Å². The maximum Gasteiger partial charge on any atom is -0.00489 e. The van der Waals surface area contributed by atoms with Gasteiger partial charge in [-0.15, -0.1) is 0 Å². The highest BCUT2D eigenvalue weighted by Gasteiger charge is 2.22. The van der Waals surface area contributed by atoms with E-state index in [9.17, 15) is 0 Å². The number of rotatable bonds is 3.